The number of alkyl carbamates (subject to hydrolysis) is 1. The number of ether oxygens (including phenoxy) is 1. The molecule has 0 fully saturated rings. The molecule has 1 atom stereocenters. The summed E-state index contributed by atoms with van der Waals surface area (Å²) in [6, 6.07) is 4.53. The Morgan fingerprint density at radius 3 is 2.48 bits per heavy atom. The lowest BCUT2D eigenvalue weighted by molar-refractivity contribution is 0.0470. The first-order chi connectivity index (χ1) is 9.63. The fraction of sp³-hybridized carbons (Fsp3) is 0.688. The van der Waals surface area contributed by atoms with Crippen molar-refractivity contribution in [3.63, 3.8) is 0 Å². The third-order valence-electron chi connectivity index (χ3n) is 2.92. The van der Waals surface area contributed by atoms with Crippen LogP contribution in [0, 0.1) is 0 Å². The summed E-state index contributed by atoms with van der Waals surface area (Å²) in [7, 11) is 0. The quantitative estimate of drug-likeness (QED) is 0.831. The van der Waals surface area contributed by atoms with Crippen LogP contribution in [0.2, 0.25) is 0 Å². The average molecular weight is 312 g/mol. The minimum absolute atomic E-state index is 0.324. The van der Waals surface area contributed by atoms with Crippen molar-refractivity contribution in [1.29, 1.82) is 0 Å². The highest BCUT2D eigenvalue weighted by molar-refractivity contribution is 7.10. The maximum atomic E-state index is 11.9. The largest absolute Gasteiger partial charge is 0.444 e. The molecule has 1 aromatic heterocycles. The van der Waals surface area contributed by atoms with Crippen LogP contribution >= 0.6 is 11.3 Å². The fourth-order valence-corrected chi connectivity index (χ4v) is 2.82. The molecule has 4 nitrogen and oxygen atoms in total. The van der Waals surface area contributed by atoms with Crippen molar-refractivity contribution >= 4 is 17.4 Å². The zero-order chi connectivity index (χ0) is 16.1. The first-order valence-electron chi connectivity index (χ1n) is 7.41. The Hall–Kier alpha value is -1.07. The molecule has 0 radical (unpaired) electrons. The first-order valence-corrected chi connectivity index (χ1v) is 8.29. The van der Waals surface area contributed by atoms with Crippen LogP contribution in [0.1, 0.15) is 58.9 Å². The first kappa shape index (κ1) is 18.0. The van der Waals surface area contributed by atoms with E-state index in [4.69, 9.17) is 4.74 Å². The number of carbonyl (C=O) groups excluding carboxylic acids is 1. The topological polar surface area (TPSA) is 50.4 Å². The SMILES string of the molecule is CCC(NCC(C)(C)NC(=O)OC(C)(C)C)c1cccs1. The molecule has 0 saturated carbocycles. The molecule has 1 heterocycles. The summed E-state index contributed by atoms with van der Waals surface area (Å²) in [5.41, 5.74) is -0.844. The van der Waals surface area contributed by atoms with Crippen LogP contribution < -0.4 is 10.6 Å². The highest BCUT2D eigenvalue weighted by Gasteiger charge is 2.25. The van der Waals surface area contributed by atoms with Crippen LogP contribution in [0.5, 0.6) is 0 Å². The van der Waals surface area contributed by atoms with Crippen LogP contribution in [0.4, 0.5) is 4.79 Å². The van der Waals surface area contributed by atoms with Crippen LogP contribution in [0.25, 0.3) is 0 Å². The molecule has 1 aromatic rings. The number of hydrogen-bond donors (Lipinski definition) is 2. The molecule has 0 aromatic carbocycles. The number of carbonyl (C=O) groups is 1. The van der Waals surface area contributed by atoms with Crippen molar-refractivity contribution in [2.75, 3.05) is 6.54 Å². The van der Waals surface area contributed by atoms with E-state index in [2.05, 4.69) is 35.1 Å². The second-order valence-corrected chi connectivity index (χ2v) is 7.85. The maximum Gasteiger partial charge on any atom is 0.408 e. The van der Waals surface area contributed by atoms with Gasteiger partial charge in [0.2, 0.25) is 0 Å². The van der Waals surface area contributed by atoms with Crippen LogP contribution in [0.3, 0.4) is 0 Å². The maximum absolute atomic E-state index is 11.9. The lowest BCUT2D eigenvalue weighted by Crippen LogP contribution is -2.52. The van der Waals surface area contributed by atoms with Crippen molar-refractivity contribution in [1.82, 2.24) is 10.6 Å². The molecule has 5 heteroatoms. The molecule has 1 amide bonds. The van der Waals surface area contributed by atoms with Gasteiger partial charge in [0.1, 0.15) is 5.60 Å². The Morgan fingerprint density at radius 1 is 1.33 bits per heavy atom. The Morgan fingerprint density at radius 2 is 2.00 bits per heavy atom. The third-order valence-corrected chi connectivity index (χ3v) is 3.91. The van der Waals surface area contributed by atoms with E-state index in [1.807, 2.05) is 34.6 Å². The molecular formula is C16H28N2O2S. The summed E-state index contributed by atoms with van der Waals surface area (Å²) >= 11 is 1.75. The Bertz CT molecular complexity index is 436. The van der Waals surface area contributed by atoms with E-state index in [-0.39, 0.29) is 11.6 Å². The molecule has 0 aliphatic heterocycles. The second-order valence-electron chi connectivity index (χ2n) is 6.87. The highest BCUT2D eigenvalue weighted by atomic mass is 32.1. The van der Waals surface area contributed by atoms with Crippen molar-refractivity contribution in [2.45, 2.75) is 65.1 Å². The number of hydrogen-bond acceptors (Lipinski definition) is 4. The number of thiophene rings is 1. The zero-order valence-corrected chi connectivity index (χ0v) is 14.8. The molecule has 2 N–H and O–H groups in total. The Balaban J connectivity index is 2.50. The standard InChI is InChI=1S/C16H28N2O2S/c1-7-12(13-9-8-10-21-13)17-11-16(5,6)18-14(19)20-15(2,3)4/h8-10,12,17H,7,11H2,1-6H3,(H,18,19). The summed E-state index contributed by atoms with van der Waals surface area (Å²) < 4.78 is 5.30. The number of rotatable bonds is 6. The van der Waals surface area contributed by atoms with Gasteiger partial charge in [-0.05, 0) is 52.5 Å². The predicted octanol–water partition coefficient (Wildman–Crippen LogP) is 4.09. The molecule has 120 valence electrons. The van der Waals surface area contributed by atoms with Gasteiger partial charge in [-0.1, -0.05) is 13.0 Å². The van der Waals surface area contributed by atoms with Crippen molar-refractivity contribution in [2.24, 2.45) is 0 Å². The molecule has 0 spiro atoms. The monoisotopic (exact) mass is 312 g/mol. The van der Waals surface area contributed by atoms with Gasteiger partial charge < -0.3 is 15.4 Å². The highest BCUT2D eigenvalue weighted by Crippen LogP contribution is 2.22. The summed E-state index contributed by atoms with van der Waals surface area (Å²) in [5.74, 6) is 0. The van der Waals surface area contributed by atoms with E-state index in [0.717, 1.165) is 6.42 Å². The van der Waals surface area contributed by atoms with Gasteiger partial charge in [0.05, 0.1) is 5.54 Å². The minimum atomic E-state index is -0.476. The average Bonchev–Trinajstić information content (AvgIpc) is 2.79. The smallest absolute Gasteiger partial charge is 0.408 e. The number of amides is 1. The molecule has 0 aliphatic rings. The normalized spacial score (nSPS) is 13.8. The molecule has 0 aliphatic carbocycles. The van der Waals surface area contributed by atoms with Gasteiger partial charge in [-0.15, -0.1) is 11.3 Å². The van der Waals surface area contributed by atoms with Gasteiger partial charge >= 0.3 is 6.09 Å². The molecule has 1 rings (SSSR count). The lowest BCUT2D eigenvalue weighted by atomic mass is 10.0. The van der Waals surface area contributed by atoms with Gasteiger partial charge in [0.25, 0.3) is 0 Å². The minimum Gasteiger partial charge on any atom is -0.444 e. The van der Waals surface area contributed by atoms with Gasteiger partial charge in [0.15, 0.2) is 0 Å². The zero-order valence-electron chi connectivity index (χ0n) is 13.9. The summed E-state index contributed by atoms with van der Waals surface area (Å²) in [6.07, 6.45) is 0.640. The Labute approximate surface area is 132 Å². The summed E-state index contributed by atoms with van der Waals surface area (Å²) in [4.78, 5) is 13.2. The van der Waals surface area contributed by atoms with Crippen LogP contribution in [-0.4, -0.2) is 23.8 Å². The summed E-state index contributed by atoms with van der Waals surface area (Å²) in [5, 5.41) is 8.52. The van der Waals surface area contributed by atoms with Gasteiger partial charge in [-0.3, -0.25) is 0 Å². The lowest BCUT2D eigenvalue weighted by Gasteiger charge is -2.30. The van der Waals surface area contributed by atoms with E-state index in [9.17, 15) is 4.79 Å². The van der Waals surface area contributed by atoms with Crippen molar-refractivity contribution < 1.29 is 9.53 Å². The van der Waals surface area contributed by atoms with Crippen molar-refractivity contribution in [3.8, 4) is 0 Å². The fourth-order valence-electron chi connectivity index (χ4n) is 1.94. The van der Waals surface area contributed by atoms with E-state index in [1.54, 1.807) is 11.3 Å². The van der Waals surface area contributed by atoms with E-state index in [0.29, 0.717) is 12.6 Å². The molecular weight excluding hydrogens is 284 g/mol. The van der Waals surface area contributed by atoms with Crippen LogP contribution in [-0.2, 0) is 4.74 Å². The Kier molecular flexibility index (Phi) is 6.23. The van der Waals surface area contributed by atoms with Crippen LogP contribution in [0.15, 0.2) is 17.5 Å². The summed E-state index contributed by atoms with van der Waals surface area (Å²) in [6.45, 7) is 12.4. The van der Waals surface area contributed by atoms with E-state index in [1.165, 1.54) is 4.88 Å². The van der Waals surface area contributed by atoms with Gasteiger partial charge in [-0.2, -0.15) is 0 Å². The number of nitrogens with one attached hydrogen (secondary N) is 2. The third kappa shape index (κ3) is 6.96. The molecule has 21 heavy (non-hydrogen) atoms. The molecule has 0 bridgehead atoms. The molecule has 0 saturated heterocycles. The van der Waals surface area contributed by atoms with Crippen molar-refractivity contribution in [3.05, 3.63) is 22.4 Å². The van der Waals surface area contributed by atoms with Gasteiger partial charge in [-0.25, -0.2) is 4.79 Å². The predicted molar refractivity (Wildman–Crippen MR) is 88.8 cm³/mol. The second kappa shape index (κ2) is 7.27. The van der Waals surface area contributed by atoms with E-state index < -0.39 is 5.60 Å². The van der Waals surface area contributed by atoms with E-state index >= 15 is 0 Å². The van der Waals surface area contributed by atoms with Gasteiger partial charge in [0, 0.05) is 17.5 Å². The molecule has 1 unspecified atom stereocenters.